The Hall–Kier alpha value is -2.10. The minimum Gasteiger partial charge on any atom is -0.490 e. The third kappa shape index (κ3) is 2.52. The maximum absolute atomic E-state index is 12.0. The Bertz CT molecular complexity index is 672. The van der Waals surface area contributed by atoms with E-state index in [1.54, 1.807) is 0 Å². The van der Waals surface area contributed by atoms with Crippen molar-refractivity contribution in [2.45, 2.75) is 32.8 Å². The van der Waals surface area contributed by atoms with Gasteiger partial charge in [-0.25, -0.2) is 4.98 Å². The Kier molecular flexibility index (Phi) is 2.85. The number of H-pyrrole nitrogens is 1. The van der Waals surface area contributed by atoms with Crippen molar-refractivity contribution in [2.24, 2.45) is 0 Å². The molecule has 0 atom stereocenters. The minimum absolute atomic E-state index is 0.160. The fourth-order valence-electron chi connectivity index (χ4n) is 1.91. The first-order valence-corrected chi connectivity index (χ1v) is 6.48. The molecule has 1 heterocycles. The van der Waals surface area contributed by atoms with Crippen LogP contribution in [-0.4, -0.2) is 16.1 Å². The molecule has 1 N–H and O–H groups in total. The Morgan fingerprint density at radius 2 is 2.11 bits per heavy atom. The highest BCUT2D eigenvalue weighted by molar-refractivity contribution is 5.60. The number of hydrogen-bond donors (Lipinski definition) is 1. The summed E-state index contributed by atoms with van der Waals surface area (Å²) in [5.41, 5.74) is 2.72. The number of hydrogen-bond acceptors (Lipinski definition) is 3. The maximum atomic E-state index is 12.0. The van der Waals surface area contributed by atoms with Crippen LogP contribution in [0.15, 0.2) is 29.1 Å². The molecule has 0 radical (unpaired) electrons. The van der Waals surface area contributed by atoms with Crippen LogP contribution in [0, 0.1) is 13.8 Å². The van der Waals surface area contributed by atoms with Crippen LogP contribution in [0.2, 0.25) is 0 Å². The van der Waals surface area contributed by atoms with Crippen LogP contribution in [0.1, 0.15) is 24.2 Å². The summed E-state index contributed by atoms with van der Waals surface area (Å²) in [4.78, 5) is 19.2. The Morgan fingerprint density at radius 3 is 2.84 bits per heavy atom. The number of nitrogens with one attached hydrogen (secondary N) is 1. The fraction of sp³-hybridized carbons (Fsp3) is 0.333. The number of ether oxygens (including phenoxy) is 1. The molecular formula is C15H16N2O2. The van der Waals surface area contributed by atoms with E-state index in [1.807, 2.05) is 38.1 Å². The van der Waals surface area contributed by atoms with E-state index in [4.69, 9.17) is 4.74 Å². The summed E-state index contributed by atoms with van der Waals surface area (Å²) in [6.07, 6.45) is 2.58. The fourth-order valence-corrected chi connectivity index (χ4v) is 1.91. The molecule has 1 fully saturated rings. The lowest BCUT2D eigenvalue weighted by Crippen LogP contribution is -2.14. The number of aromatic nitrogens is 2. The summed E-state index contributed by atoms with van der Waals surface area (Å²) in [5.74, 6) is 0.805. The summed E-state index contributed by atoms with van der Waals surface area (Å²) in [7, 11) is 0. The van der Waals surface area contributed by atoms with Crippen LogP contribution in [-0.2, 0) is 0 Å². The highest BCUT2D eigenvalue weighted by Gasteiger charge is 2.23. The zero-order valence-electron chi connectivity index (χ0n) is 11.1. The Labute approximate surface area is 111 Å². The first-order valence-electron chi connectivity index (χ1n) is 6.48. The van der Waals surface area contributed by atoms with E-state index in [0.29, 0.717) is 11.8 Å². The predicted octanol–water partition coefficient (Wildman–Crippen LogP) is 2.59. The van der Waals surface area contributed by atoms with Gasteiger partial charge >= 0.3 is 0 Å². The van der Waals surface area contributed by atoms with Gasteiger partial charge in [-0.2, -0.15) is 0 Å². The molecule has 0 saturated heterocycles. The van der Waals surface area contributed by atoms with E-state index in [-0.39, 0.29) is 5.56 Å². The van der Waals surface area contributed by atoms with Crippen LogP contribution in [0.25, 0.3) is 11.3 Å². The van der Waals surface area contributed by atoms with Crippen LogP contribution < -0.4 is 10.3 Å². The standard InChI is InChI=1S/C15H16N2O2/c1-9-10(2)17-15(18)14(16-9)11-4-3-5-13(8-11)19-12-6-7-12/h3-5,8,12H,6-7H2,1-2H3,(H,17,18). The molecular weight excluding hydrogens is 240 g/mol. The lowest BCUT2D eigenvalue weighted by molar-refractivity contribution is 0.303. The quantitative estimate of drug-likeness (QED) is 0.918. The molecule has 0 aliphatic heterocycles. The van der Waals surface area contributed by atoms with Gasteiger partial charge in [0, 0.05) is 11.3 Å². The molecule has 98 valence electrons. The SMILES string of the molecule is Cc1nc(-c2cccc(OC3CC3)c2)c(=O)[nH]c1C. The van der Waals surface area contributed by atoms with E-state index in [2.05, 4.69) is 9.97 Å². The molecule has 0 unspecified atom stereocenters. The van der Waals surface area contributed by atoms with Crippen molar-refractivity contribution in [2.75, 3.05) is 0 Å². The Morgan fingerprint density at radius 1 is 1.32 bits per heavy atom. The molecule has 1 aromatic carbocycles. The number of aryl methyl sites for hydroxylation is 2. The molecule has 1 aromatic heterocycles. The van der Waals surface area contributed by atoms with Gasteiger partial charge in [-0.3, -0.25) is 4.79 Å². The van der Waals surface area contributed by atoms with Gasteiger partial charge < -0.3 is 9.72 Å². The third-order valence-electron chi connectivity index (χ3n) is 3.27. The molecule has 2 aromatic rings. The molecule has 19 heavy (non-hydrogen) atoms. The second-order valence-corrected chi connectivity index (χ2v) is 4.97. The number of aromatic amines is 1. The van der Waals surface area contributed by atoms with E-state index in [1.165, 1.54) is 0 Å². The molecule has 3 rings (SSSR count). The number of nitrogens with zero attached hydrogens (tertiary/aromatic N) is 1. The molecule has 1 saturated carbocycles. The molecule has 0 bridgehead atoms. The normalized spacial score (nSPS) is 14.4. The molecule has 0 amide bonds. The topological polar surface area (TPSA) is 55.0 Å². The smallest absolute Gasteiger partial charge is 0.274 e. The monoisotopic (exact) mass is 256 g/mol. The van der Waals surface area contributed by atoms with Gasteiger partial charge in [0.25, 0.3) is 5.56 Å². The first-order chi connectivity index (χ1) is 9.13. The molecule has 4 nitrogen and oxygen atoms in total. The zero-order valence-corrected chi connectivity index (χ0v) is 11.1. The van der Waals surface area contributed by atoms with Crippen LogP contribution in [0.4, 0.5) is 0 Å². The van der Waals surface area contributed by atoms with Crippen molar-refractivity contribution in [1.82, 2.24) is 9.97 Å². The first kappa shape index (κ1) is 12.0. The van der Waals surface area contributed by atoms with Crippen LogP contribution >= 0.6 is 0 Å². The van der Waals surface area contributed by atoms with Gasteiger partial charge in [0.05, 0.1) is 11.8 Å². The molecule has 1 aliphatic rings. The summed E-state index contributed by atoms with van der Waals surface area (Å²) >= 11 is 0. The lowest BCUT2D eigenvalue weighted by atomic mass is 10.1. The van der Waals surface area contributed by atoms with Crippen molar-refractivity contribution in [1.29, 1.82) is 0 Å². The van der Waals surface area contributed by atoms with Gasteiger partial charge in [-0.05, 0) is 38.8 Å². The highest BCUT2D eigenvalue weighted by atomic mass is 16.5. The lowest BCUT2D eigenvalue weighted by Gasteiger charge is -2.07. The average molecular weight is 256 g/mol. The largest absolute Gasteiger partial charge is 0.490 e. The predicted molar refractivity (Wildman–Crippen MR) is 73.4 cm³/mol. The zero-order chi connectivity index (χ0) is 13.4. The number of benzene rings is 1. The average Bonchev–Trinajstić information content (AvgIpc) is 3.18. The van der Waals surface area contributed by atoms with Crippen molar-refractivity contribution < 1.29 is 4.74 Å². The van der Waals surface area contributed by atoms with Crippen molar-refractivity contribution in [3.05, 3.63) is 46.0 Å². The van der Waals surface area contributed by atoms with E-state index >= 15 is 0 Å². The van der Waals surface area contributed by atoms with E-state index in [9.17, 15) is 4.79 Å². The van der Waals surface area contributed by atoms with Gasteiger partial charge in [-0.15, -0.1) is 0 Å². The Balaban J connectivity index is 2.01. The van der Waals surface area contributed by atoms with Gasteiger partial charge in [0.1, 0.15) is 11.4 Å². The van der Waals surface area contributed by atoms with E-state index in [0.717, 1.165) is 35.5 Å². The minimum atomic E-state index is -0.160. The van der Waals surface area contributed by atoms with Crippen molar-refractivity contribution >= 4 is 0 Å². The van der Waals surface area contributed by atoms with Crippen molar-refractivity contribution in [3.8, 4) is 17.0 Å². The van der Waals surface area contributed by atoms with E-state index < -0.39 is 0 Å². The summed E-state index contributed by atoms with van der Waals surface area (Å²) < 4.78 is 5.74. The summed E-state index contributed by atoms with van der Waals surface area (Å²) in [5, 5.41) is 0. The maximum Gasteiger partial charge on any atom is 0.274 e. The number of rotatable bonds is 3. The second-order valence-electron chi connectivity index (χ2n) is 4.97. The molecule has 1 aliphatic carbocycles. The van der Waals surface area contributed by atoms with Crippen molar-refractivity contribution in [3.63, 3.8) is 0 Å². The summed E-state index contributed by atoms with van der Waals surface area (Å²) in [6, 6.07) is 7.57. The summed E-state index contributed by atoms with van der Waals surface area (Å²) in [6.45, 7) is 3.74. The van der Waals surface area contributed by atoms with Crippen LogP contribution in [0.3, 0.4) is 0 Å². The van der Waals surface area contributed by atoms with Gasteiger partial charge in [0.2, 0.25) is 0 Å². The highest BCUT2D eigenvalue weighted by Crippen LogP contribution is 2.28. The molecule has 0 spiro atoms. The second kappa shape index (κ2) is 4.53. The van der Waals surface area contributed by atoms with Gasteiger partial charge in [-0.1, -0.05) is 12.1 Å². The third-order valence-corrected chi connectivity index (χ3v) is 3.27. The van der Waals surface area contributed by atoms with Gasteiger partial charge in [0.15, 0.2) is 0 Å². The van der Waals surface area contributed by atoms with Crippen LogP contribution in [0.5, 0.6) is 5.75 Å². The molecule has 4 heteroatoms.